The minimum absolute atomic E-state index is 0.334. The van der Waals surface area contributed by atoms with Crippen molar-refractivity contribution in [1.82, 2.24) is 29.8 Å². The van der Waals surface area contributed by atoms with Crippen LogP contribution in [0.5, 0.6) is 11.8 Å². The third kappa shape index (κ3) is 6.97. The zero-order chi connectivity index (χ0) is 24.6. The van der Waals surface area contributed by atoms with Crippen LogP contribution in [-0.4, -0.2) is 89.5 Å². The van der Waals surface area contributed by atoms with Crippen molar-refractivity contribution in [1.29, 1.82) is 0 Å². The van der Waals surface area contributed by atoms with Crippen LogP contribution in [0.25, 0.3) is 0 Å². The molecule has 2 fully saturated rings. The number of aryl methyl sites for hydroxylation is 1. The smallest absolute Gasteiger partial charge is 0.236 e. The molecular formula is C24H37N9O2. The van der Waals surface area contributed by atoms with Gasteiger partial charge in [0.05, 0.1) is 19.8 Å². The summed E-state index contributed by atoms with van der Waals surface area (Å²) in [5, 5.41) is 3.15. The van der Waals surface area contributed by atoms with E-state index in [4.69, 9.17) is 9.47 Å². The Hall–Kier alpha value is -3.08. The second kappa shape index (κ2) is 12.1. The van der Waals surface area contributed by atoms with Crippen LogP contribution < -0.4 is 19.7 Å². The van der Waals surface area contributed by atoms with Crippen molar-refractivity contribution in [3.63, 3.8) is 0 Å². The molecule has 0 bridgehead atoms. The Morgan fingerprint density at radius 2 is 1.54 bits per heavy atom. The second-order valence-electron chi connectivity index (χ2n) is 8.95. The third-order valence-corrected chi connectivity index (χ3v) is 6.21. The summed E-state index contributed by atoms with van der Waals surface area (Å²) in [6.07, 6.45) is 7.03. The van der Waals surface area contributed by atoms with Crippen molar-refractivity contribution < 1.29 is 9.47 Å². The first-order valence-electron chi connectivity index (χ1n) is 12.6. The summed E-state index contributed by atoms with van der Waals surface area (Å²) in [5.41, 5.74) is 2.24. The molecule has 4 rings (SSSR count). The lowest BCUT2D eigenvalue weighted by atomic mass is 10.1. The van der Waals surface area contributed by atoms with E-state index in [-0.39, 0.29) is 0 Å². The molecule has 0 radical (unpaired) electrons. The summed E-state index contributed by atoms with van der Waals surface area (Å²) >= 11 is 0. The molecule has 0 aromatic carbocycles. The van der Waals surface area contributed by atoms with Crippen LogP contribution in [0.4, 0.5) is 17.8 Å². The van der Waals surface area contributed by atoms with Gasteiger partial charge in [0, 0.05) is 44.9 Å². The van der Waals surface area contributed by atoms with E-state index in [0.29, 0.717) is 36.0 Å². The first-order valence-corrected chi connectivity index (χ1v) is 12.6. The van der Waals surface area contributed by atoms with Crippen LogP contribution in [0.15, 0.2) is 4.99 Å². The maximum absolute atomic E-state index is 5.60. The van der Waals surface area contributed by atoms with E-state index in [1.54, 1.807) is 14.2 Å². The number of anilines is 3. The van der Waals surface area contributed by atoms with Gasteiger partial charge in [0.1, 0.15) is 5.82 Å². The highest BCUT2D eigenvalue weighted by molar-refractivity contribution is 5.97. The minimum Gasteiger partial charge on any atom is -0.481 e. The molecule has 1 aliphatic carbocycles. The first kappa shape index (κ1) is 25.0. The zero-order valence-corrected chi connectivity index (χ0v) is 21.4. The molecule has 2 aromatic heterocycles. The van der Waals surface area contributed by atoms with Crippen LogP contribution in [-0.2, 0) is 12.8 Å². The van der Waals surface area contributed by atoms with Crippen LogP contribution in [0.2, 0.25) is 0 Å². The molecule has 0 spiro atoms. The molecule has 3 heterocycles. The SMILES string of the molecule is CCc1nc(Nc2nc(OC)c(CCCCCN=C3CC3)c(OC)n2)nc(N2CCN(C)CC2)n1. The number of nitrogens with one attached hydrogen (secondary N) is 1. The fourth-order valence-corrected chi connectivity index (χ4v) is 3.96. The predicted octanol–water partition coefficient (Wildman–Crippen LogP) is 2.68. The third-order valence-electron chi connectivity index (χ3n) is 6.21. The molecule has 2 aromatic rings. The summed E-state index contributed by atoms with van der Waals surface area (Å²) < 4.78 is 11.2. The second-order valence-corrected chi connectivity index (χ2v) is 8.95. The molecule has 0 atom stereocenters. The van der Waals surface area contributed by atoms with E-state index >= 15 is 0 Å². The number of aliphatic imine (C=N–C) groups is 1. The molecule has 11 heteroatoms. The van der Waals surface area contributed by atoms with Crippen molar-refractivity contribution in [2.45, 2.75) is 51.9 Å². The molecular weight excluding hydrogens is 446 g/mol. The highest BCUT2D eigenvalue weighted by atomic mass is 16.5. The maximum Gasteiger partial charge on any atom is 0.236 e. The van der Waals surface area contributed by atoms with Crippen LogP contribution in [0.3, 0.4) is 0 Å². The Bertz CT molecular complexity index is 991. The summed E-state index contributed by atoms with van der Waals surface area (Å²) in [5.74, 6) is 3.15. The van der Waals surface area contributed by atoms with Gasteiger partial charge in [-0.25, -0.2) is 0 Å². The number of methoxy groups -OCH3 is 2. The quantitative estimate of drug-likeness (QED) is 0.452. The lowest BCUT2D eigenvalue weighted by Gasteiger charge is -2.32. The average molecular weight is 484 g/mol. The summed E-state index contributed by atoms with van der Waals surface area (Å²) in [6, 6.07) is 0. The van der Waals surface area contributed by atoms with E-state index in [0.717, 1.165) is 69.8 Å². The Labute approximate surface area is 207 Å². The Morgan fingerprint density at radius 3 is 2.17 bits per heavy atom. The van der Waals surface area contributed by atoms with Gasteiger partial charge in [-0.05, 0) is 39.2 Å². The monoisotopic (exact) mass is 483 g/mol. The number of hydrogen-bond donors (Lipinski definition) is 1. The average Bonchev–Trinajstić information content (AvgIpc) is 3.71. The predicted molar refractivity (Wildman–Crippen MR) is 136 cm³/mol. The number of piperazine rings is 1. The van der Waals surface area contributed by atoms with E-state index < -0.39 is 0 Å². The molecule has 0 amide bonds. The van der Waals surface area contributed by atoms with E-state index in [1.165, 1.54) is 18.6 Å². The molecule has 0 unspecified atom stereocenters. The van der Waals surface area contributed by atoms with Gasteiger partial charge in [-0.1, -0.05) is 13.3 Å². The minimum atomic E-state index is 0.334. The Balaban J connectivity index is 1.46. The number of ether oxygens (including phenoxy) is 2. The topological polar surface area (TPSA) is 114 Å². The Morgan fingerprint density at radius 1 is 0.857 bits per heavy atom. The fraction of sp³-hybridized carbons (Fsp3) is 0.667. The van der Waals surface area contributed by atoms with Gasteiger partial charge in [0.25, 0.3) is 0 Å². The highest BCUT2D eigenvalue weighted by Crippen LogP contribution is 2.29. The van der Waals surface area contributed by atoms with Crippen molar-refractivity contribution in [3.8, 4) is 11.8 Å². The lowest BCUT2D eigenvalue weighted by molar-refractivity contribution is 0.311. The molecule has 1 saturated heterocycles. The summed E-state index contributed by atoms with van der Waals surface area (Å²) in [6.45, 7) is 6.66. The van der Waals surface area contributed by atoms with Crippen molar-refractivity contribution in [3.05, 3.63) is 11.4 Å². The first-order chi connectivity index (χ1) is 17.1. The zero-order valence-electron chi connectivity index (χ0n) is 21.4. The van der Waals surface area contributed by atoms with Crippen LogP contribution >= 0.6 is 0 Å². The highest BCUT2D eigenvalue weighted by Gasteiger charge is 2.20. The van der Waals surface area contributed by atoms with Crippen molar-refractivity contribution in [2.24, 2.45) is 4.99 Å². The van der Waals surface area contributed by atoms with E-state index in [2.05, 4.69) is 52.1 Å². The number of rotatable bonds is 12. The van der Waals surface area contributed by atoms with Gasteiger partial charge >= 0.3 is 0 Å². The molecule has 35 heavy (non-hydrogen) atoms. The number of unbranched alkanes of at least 4 members (excludes halogenated alkanes) is 2. The van der Waals surface area contributed by atoms with Gasteiger partial charge in [-0.2, -0.15) is 24.9 Å². The number of hydrogen-bond acceptors (Lipinski definition) is 11. The molecule has 1 aliphatic heterocycles. The maximum atomic E-state index is 5.60. The van der Waals surface area contributed by atoms with E-state index in [9.17, 15) is 0 Å². The van der Waals surface area contributed by atoms with Crippen molar-refractivity contribution >= 4 is 23.6 Å². The number of likely N-dealkylation sites (N-methyl/N-ethyl adjacent to an activating group) is 1. The molecule has 11 nitrogen and oxygen atoms in total. The standard InChI is InChI=1S/C24H37N9O2/c1-5-19-26-22(31-24(27-19)33-15-13-32(2)14-16-33)30-23-28-20(34-3)18(21(29-23)35-4)9-7-6-8-12-25-17-10-11-17/h5-16H2,1-4H3,(H,26,27,28,29,30,31). The Kier molecular flexibility index (Phi) is 8.62. The van der Waals surface area contributed by atoms with Crippen molar-refractivity contribution in [2.75, 3.05) is 64.2 Å². The number of nitrogens with zero attached hydrogens (tertiary/aromatic N) is 8. The summed E-state index contributed by atoms with van der Waals surface area (Å²) in [4.78, 5) is 32.1. The van der Waals surface area contributed by atoms with Gasteiger partial charge in [0.2, 0.25) is 29.6 Å². The van der Waals surface area contributed by atoms with Gasteiger partial charge in [-0.15, -0.1) is 0 Å². The summed E-state index contributed by atoms with van der Waals surface area (Å²) in [7, 11) is 5.36. The number of aromatic nitrogens is 5. The molecule has 1 N–H and O–H groups in total. The molecule has 2 aliphatic rings. The van der Waals surface area contributed by atoms with E-state index in [1.807, 2.05) is 6.92 Å². The molecule has 190 valence electrons. The van der Waals surface area contributed by atoms with Crippen LogP contribution in [0, 0.1) is 0 Å². The largest absolute Gasteiger partial charge is 0.481 e. The van der Waals surface area contributed by atoms with Gasteiger partial charge in [-0.3, -0.25) is 10.3 Å². The normalized spacial score (nSPS) is 15.8. The fourth-order valence-electron chi connectivity index (χ4n) is 3.96. The lowest BCUT2D eigenvalue weighted by Crippen LogP contribution is -2.45. The van der Waals surface area contributed by atoms with Gasteiger partial charge in [0.15, 0.2) is 0 Å². The van der Waals surface area contributed by atoms with Gasteiger partial charge < -0.3 is 19.3 Å². The van der Waals surface area contributed by atoms with Crippen LogP contribution in [0.1, 0.15) is 50.4 Å². The molecule has 1 saturated carbocycles.